The third kappa shape index (κ3) is 8.57. The number of halogens is 2. The highest BCUT2D eigenvalue weighted by Crippen LogP contribution is 2.25. The SMILES string of the molecule is Cn1c(-c2ccc(F)cc2)cc(-c2ccccc2)[n+]1C.Cn1c(-c2ccc(F)cc2)cc(-c2ccccc2)[n+]1C.O=S(=O)([O-])[O-]. The number of hydrogen-bond donors (Lipinski definition) is 0. The van der Waals surface area contributed by atoms with Crippen molar-refractivity contribution in [1.29, 1.82) is 0 Å². The molecule has 0 saturated heterocycles. The Morgan fingerprint density at radius 2 is 0.822 bits per heavy atom. The Balaban J connectivity index is 0.000000179. The zero-order valence-corrected chi connectivity index (χ0v) is 25.9. The third-order valence-electron chi connectivity index (χ3n) is 7.26. The van der Waals surface area contributed by atoms with Crippen LogP contribution in [0.3, 0.4) is 0 Å². The molecular weight excluding hydrogens is 598 g/mol. The van der Waals surface area contributed by atoms with Gasteiger partial charge in [-0.15, -0.1) is 9.36 Å². The summed E-state index contributed by atoms with van der Waals surface area (Å²) in [6, 6.07) is 37.9. The van der Waals surface area contributed by atoms with Gasteiger partial charge < -0.3 is 9.11 Å². The van der Waals surface area contributed by atoms with Crippen molar-refractivity contribution in [2.24, 2.45) is 28.2 Å². The molecule has 0 N–H and O–H groups in total. The first kappa shape index (κ1) is 32.9. The van der Waals surface area contributed by atoms with Gasteiger partial charge in [-0.1, -0.05) is 36.4 Å². The molecule has 0 unspecified atom stereocenters. The quantitative estimate of drug-likeness (QED) is 0.150. The molecule has 6 aromatic rings. The van der Waals surface area contributed by atoms with Gasteiger partial charge in [0.2, 0.25) is 11.4 Å². The molecule has 4 aromatic carbocycles. The van der Waals surface area contributed by atoms with Crippen LogP contribution in [0.1, 0.15) is 0 Å². The van der Waals surface area contributed by atoms with Crippen molar-refractivity contribution in [2.75, 3.05) is 0 Å². The smallest absolute Gasteiger partial charge is 0.238 e. The summed E-state index contributed by atoms with van der Waals surface area (Å²) in [4.78, 5) is 0. The van der Waals surface area contributed by atoms with Crippen LogP contribution in [-0.4, -0.2) is 26.9 Å². The Morgan fingerprint density at radius 1 is 0.533 bits per heavy atom. The van der Waals surface area contributed by atoms with Crippen LogP contribution in [0.25, 0.3) is 45.0 Å². The van der Waals surface area contributed by atoms with Crippen molar-refractivity contribution < 1.29 is 35.7 Å². The van der Waals surface area contributed by atoms with E-state index >= 15 is 0 Å². The molecule has 0 saturated carbocycles. The Bertz CT molecular complexity index is 1840. The maximum Gasteiger partial charge on any atom is 0.238 e. The Hall–Kier alpha value is -4.97. The lowest BCUT2D eigenvalue weighted by Gasteiger charge is -2.06. The summed E-state index contributed by atoms with van der Waals surface area (Å²) in [6.07, 6.45) is 0. The monoisotopic (exact) mass is 630 g/mol. The number of rotatable bonds is 4. The first-order chi connectivity index (χ1) is 21.3. The molecule has 0 spiro atoms. The second-order valence-electron chi connectivity index (χ2n) is 10.1. The van der Waals surface area contributed by atoms with Crippen molar-refractivity contribution in [2.45, 2.75) is 0 Å². The molecule has 0 bridgehead atoms. The average molecular weight is 631 g/mol. The topological polar surface area (TPSA) is 97.9 Å². The van der Waals surface area contributed by atoms with Gasteiger partial charge in [0.15, 0.2) is 14.1 Å². The Labute approximate surface area is 261 Å². The van der Waals surface area contributed by atoms with Crippen LogP contribution < -0.4 is 9.36 Å². The van der Waals surface area contributed by atoms with E-state index in [1.807, 2.05) is 64.6 Å². The Kier molecular flexibility index (Phi) is 10.4. The minimum atomic E-state index is -5.17. The molecule has 0 aliphatic rings. The number of aromatic nitrogens is 4. The second-order valence-corrected chi connectivity index (χ2v) is 10.9. The van der Waals surface area contributed by atoms with E-state index in [-0.39, 0.29) is 11.6 Å². The van der Waals surface area contributed by atoms with Gasteiger partial charge in [-0.2, -0.15) is 9.36 Å². The lowest BCUT2D eigenvalue weighted by atomic mass is 10.1. The fraction of sp³-hybridized carbons (Fsp3) is 0.118. The first-order valence-corrected chi connectivity index (χ1v) is 15.1. The van der Waals surface area contributed by atoms with Crippen LogP contribution in [0, 0.1) is 11.6 Å². The summed E-state index contributed by atoms with van der Waals surface area (Å²) in [6.45, 7) is 0. The number of benzene rings is 4. The molecule has 232 valence electrons. The number of nitrogens with zero attached hydrogens (tertiary/aromatic N) is 4. The van der Waals surface area contributed by atoms with Crippen LogP contribution in [0.4, 0.5) is 8.78 Å². The summed E-state index contributed by atoms with van der Waals surface area (Å²) in [5, 5.41) is 0. The second kappa shape index (κ2) is 14.2. The summed E-state index contributed by atoms with van der Waals surface area (Å²) in [5.41, 5.74) is 8.73. The molecule has 6 rings (SSSR count). The molecule has 0 aliphatic heterocycles. The molecular formula is C34H32F2N4O4S. The van der Waals surface area contributed by atoms with Crippen molar-refractivity contribution in [3.8, 4) is 45.0 Å². The minimum Gasteiger partial charge on any atom is -0.759 e. The molecule has 0 radical (unpaired) electrons. The van der Waals surface area contributed by atoms with Crippen LogP contribution in [-0.2, 0) is 38.6 Å². The molecule has 45 heavy (non-hydrogen) atoms. The van der Waals surface area contributed by atoms with Crippen LogP contribution in [0.5, 0.6) is 0 Å². The summed E-state index contributed by atoms with van der Waals surface area (Å²) in [5.74, 6) is -0.425. The molecule has 0 amide bonds. The van der Waals surface area contributed by atoms with E-state index in [2.05, 4.69) is 55.1 Å². The van der Waals surface area contributed by atoms with Crippen LogP contribution >= 0.6 is 0 Å². The summed E-state index contributed by atoms with van der Waals surface area (Å²) in [7, 11) is 2.89. The predicted molar refractivity (Wildman–Crippen MR) is 165 cm³/mol. The summed E-state index contributed by atoms with van der Waals surface area (Å²) >= 11 is 0. The standard InChI is InChI=1S/2C17H16FN2.H2O4S/c2*1-19-16(13-6-4-3-5-7-13)12-17(20(19)2)14-8-10-15(18)11-9-14;1-5(2,3)4/h2*3-12H,1-2H3;(H2,1,2,3,4)/q2*+1;/p-2. The first-order valence-electron chi connectivity index (χ1n) is 13.7. The van der Waals surface area contributed by atoms with Crippen molar-refractivity contribution in [1.82, 2.24) is 9.36 Å². The van der Waals surface area contributed by atoms with Crippen LogP contribution in [0.15, 0.2) is 121 Å². The normalized spacial score (nSPS) is 10.8. The molecule has 0 atom stereocenters. The van der Waals surface area contributed by atoms with Gasteiger partial charge in [-0.05, 0) is 72.8 Å². The zero-order chi connectivity index (χ0) is 32.7. The molecule has 2 heterocycles. The van der Waals surface area contributed by atoms with Crippen molar-refractivity contribution >= 4 is 10.4 Å². The van der Waals surface area contributed by atoms with Gasteiger partial charge in [-0.25, -0.2) is 8.78 Å². The molecule has 8 nitrogen and oxygen atoms in total. The molecule has 0 fully saturated rings. The van der Waals surface area contributed by atoms with E-state index in [0.717, 1.165) is 33.9 Å². The van der Waals surface area contributed by atoms with Gasteiger partial charge in [0.05, 0.1) is 14.1 Å². The predicted octanol–water partition coefficient (Wildman–Crippen LogP) is 5.31. The lowest BCUT2D eigenvalue weighted by Crippen LogP contribution is -2.39. The van der Waals surface area contributed by atoms with E-state index in [0.29, 0.717) is 0 Å². The van der Waals surface area contributed by atoms with Crippen LogP contribution in [0.2, 0.25) is 0 Å². The van der Waals surface area contributed by atoms with E-state index < -0.39 is 10.4 Å². The third-order valence-corrected chi connectivity index (χ3v) is 7.26. The molecule has 0 aliphatic carbocycles. The van der Waals surface area contributed by atoms with E-state index in [1.54, 1.807) is 24.3 Å². The fourth-order valence-electron chi connectivity index (χ4n) is 4.82. The maximum atomic E-state index is 13.0. The van der Waals surface area contributed by atoms with Crippen molar-refractivity contribution in [3.05, 3.63) is 133 Å². The largest absolute Gasteiger partial charge is 0.759 e. The van der Waals surface area contributed by atoms with Gasteiger partial charge in [-0.3, -0.25) is 8.42 Å². The number of hydrogen-bond acceptors (Lipinski definition) is 4. The van der Waals surface area contributed by atoms with Gasteiger partial charge in [0.1, 0.15) is 23.0 Å². The van der Waals surface area contributed by atoms with E-state index in [9.17, 15) is 8.78 Å². The summed E-state index contributed by atoms with van der Waals surface area (Å²) < 4.78 is 68.5. The molecule has 11 heteroatoms. The minimum absolute atomic E-state index is 0.212. The highest BCUT2D eigenvalue weighted by Gasteiger charge is 2.20. The van der Waals surface area contributed by atoms with E-state index in [1.165, 1.54) is 35.4 Å². The fourth-order valence-corrected chi connectivity index (χ4v) is 4.82. The van der Waals surface area contributed by atoms with E-state index in [4.69, 9.17) is 17.5 Å². The highest BCUT2D eigenvalue weighted by atomic mass is 32.3. The maximum absolute atomic E-state index is 13.0. The molecule has 2 aromatic heterocycles. The van der Waals surface area contributed by atoms with Crippen molar-refractivity contribution in [3.63, 3.8) is 0 Å². The lowest BCUT2D eigenvalue weighted by molar-refractivity contribution is -0.740. The van der Waals surface area contributed by atoms with Gasteiger partial charge in [0, 0.05) is 44.8 Å². The zero-order valence-electron chi connectivity index (χ0n) is 25.1. The highest BCUT2D eigenvalue weighted by molar-refractivity contribution is 7.79. The Morgan fingerprint density at radius 3 is 1.11 bits per heavy atom. The average Bonchev–Trinajstić information content (AvgIpc) is 3.48. The van der Waals surface area contributed by atoms with Gasteiger partial charge >= 0.3 is 0 Å². The van der Waals surface area contributed by atoms with Gasteiger partial charge in [0.25, 0.3) is 0 Å².